The molecule has 1 fully saturated rings. The lowest BCUT2D eigenvalue weighted by molar-refractivity contribution is 0.277. The number of nitrogens with two attached hydrogens (primary N) is 1. The standard InChI is InChI=1S/C12H18N4/c13-7-12-14-8-9-3-5-16(10-1-2-10)6-4-11(9)15-12/h8,10H,1-7,13H2. The number of nitrogens with zero attached hydrogens (tertiary/aromatic N) is 3. The maximum absolute atomic E-state index is 5.57. The van der Waals surface area contributed by atoms with Crippen LogP contribution < -0.4 is 5.73 Å². The molecule has 1 aromatic rings. The van der Waals surface area contributed by atoms with Gasteiger partial charge in [0.25, 0.3) is 0 Å². The predicted octanol–water partition coefficient (Wildman–Crippen LogP) is 0.498. The Hall–Kier alpha value is -1.00. The molecule has 0 radical (unpaired) electrons. The average Bonchev–Trinajstić information content (AvgIpc) is 3.13. The molecule has 0 amide bonds. The second-order valence-corrected chi connectivity index (χ2v) is 4.73. The molecule has 4 nitrogen and oxygen atoms in total. The maximum Gasteiger partial charge on any atom is 0.142 e. The Morgan fingerprint density at radius 3 is 2.88 bits per heavy atom. The smallest absolute Gasteiger partial charge is 0.142 e. The lowest BCUT2D eigenvalue weighted by Gasteiger charge is -2.18. The van der Waals surface area contributed by atoms with Crippen molar-refractivity contribution in [3.63, 3.8) is 0 Å². The Balaban J connectivity index is 1.79. The van der Waals surface area contributed by atoms with Crippen LogP contribution in [-0.4, -0.2) is 34.0 Å². The van der Waals surface area contributed by atoms with E-state index in [-0.39, 0.29) is 0 Å². The summed E-state index contributed by atoms with van der Waals surface area (Å²) in [6, 6.07) is 0.858. The van der Waals surface area contributed by atoms with E-state index in [1.54, 1.807) is 0 Å². The van der Waals surface area contributed by atoms with Gasteiger partial charge >= 0.3 is 0 Å². The quantitative estimate of drug-likeness (QED) is 0.785. The molecule has 4 heteroatoms. The Bertz CT molecular complexity index is 387. The fourth-order valence-electron chi connectivity index (χ4n) is 2.44. The summed E-state index contributed by atoms with van der Waals surface area (Å²) in [5.74, 6) is 0.777. The first-order valence-corrected chi connectivity index (χ1v) is 6.14. The van der Waals surface area contributed by atoms with Crippen molar-refractivity contribution >= 4 is 0 Å². The number of fused-ring (bicyclic) bond motifs is 1. The van der Waals surface area contributed by atoms with Crippen molar-refractivity contribution in [1.82, 2.24) is 14.9 Å². The van der Waals surface area contributed by atoms with E-state index < -0.39 is 0 Å². The van der Waals surface area contributed by atoms with Crippen molar-refractivity contribution in [1.29, 1.82) is 0 Å². The van der Waals surface area contributed by atoms with Crippen LogP contribution in [0.5, 0.6) is 0 Å². The number of rotatable bonds is 2. The Morgan fingerprint density at radius 1 is 1.31 bits per heavy atom. The van der Waals surface area contributed by atoms with Crippen LogP contribution in [0.2, 0.25) is 0 Å². The van der Waals surface area contributed by atoms with Crippen LogP contribution in [0.3, 0.4) is 0 Å². The first-order valence-electron chi connectivity index (χ1n) is 6.14. The van der Waals surface area contributed by atoms with Gasteiger partial charge in [0.05, 0.1) is 6.54 Å². The zero-order chi connectivity index (χ0) is 11.0. The molecule has 1 saturated carbocycles. The molecule has 2 aliphatic rings. The first-order chi connectivity index (χ1) is 7.86. The second kappa shape index (κ2) is 4.11. The zero-order valence-electron chi connectivity index (χ0n) is 9.52. The molecule has 0 saturated heterocycles. The molecule has 0 spiro atoms. The summed E-state index contributed by atoms with van der Waals surface area (Å²) in [7, 11) is 0. The maximum atomic E-state index is 5.57. The first kappa shape index (κ1) is 10.2. The van der Waals surface area contributed by atoms with Gasteiger partial charge < -0.3 is 5.73 Å². The summed E-state index contributed by atoms with van der Waals surface area (Å²) in [4.78, 5) is 11.4. The monoisotopic (exact) mass is 218 g/mol. The molecule has 2 heterocycles. The van der Waals surface area contributed by atoms with Gasteiger partial charge in [-0.05, 0) is 24.8 Å². The molecule has 1 aromatic heterocycles. The molecule has 1 aliphatic carbocycles. The average molecular weight is 218 g/mol. The van der Waals surface area contributed by atoms with Crippen LogP contribution in [0.25, 0.3) is 0 Å². The highest BCUT2D eigenvalue weighted by molar-refractivity contribution is 5.20. The summed E-state index contributed by atoms with van der Waals surface area (Å²) < 4.78 is 0. The van der Waals surface area contributed by atoms with Crippen molar-refractivity contribution in [2.75, 3.05) is 13.1 Å². The molecule has 3 rings (SSSR count). The molecule has 16 heavy (non-hydrogen) atoms. The topological polar surface area (TPSA) is 55.0 Å². The molecular weight excluding hydrogens is 200 g/mol. The number of aromatic nitrogens is 2. The molecule has 0 atom stereocenters. The molecule has 86 valence electrons. The highest BCUT2D eigenvalue weighted by Gasteiger charge is 2.30. The van der Waals surface area contributed by atoms with E-state index in [0.717, 1.165) is 31.3 Å². The minimum Gasteiger partial charge on any atom is -0.324 e. The van der Waals surface area contributed by atoms with E-state index in [0.29, 0.717) is 6.54 Å². The molecule has 2 N–H and O–H groups in total. The predicted molar refractivity (Wildman–Crippen MR) is 61.9 cm³/mol. The fraction of sp³-hybridized carbons (Fsp3) is 0.667. The summed E-state index contributed by atoms with van der Waals surface area (Å²) >= 11 is 0. The van der Waals surface area contributed by atoms with Crippen LogP contribution in [-0.2, 0) is 19.4 Å². The third kappa shape index (κ3) is 1.95. The summed E-state index contributed by atoms with van der Waals surface area (Å²) in [6.07, 6.45) is 6.89. The highest BCUT2D eigenvalue weighted by Crippen LogP contribution is 2.28. The van der Waals surface area contributed by atoms with Crippen LogP contribution in [0.4, 0.5) is 0 Å². The minimum atomic E-state index is 0.444. The Morgan fingerprint density at radius 2 is 2.12 bits per heavy atom. The van der Waals surface area contributed by atoms with Gasteiger partial charge in [-0.3, -0.25) is 4.90 Å². The molecule has 0 bridgehead atoms. The van der Waals surface area contributed by atoms with Gasteiger partial charge in [-0.2, -0.15) is 0 Å². The van der Waals surface area contributed by atoms with Gasteiger partial charge in [-0.1, -0.05) is 0 Å². The van der Waals surface area contributed by atoms with Crippen LogP contribution >= 0.6 is 0 Å². The van der Waals surface area contributed by atoms with Gasteiger partial charge in [0.1, 0.15) is 5.82 Å². The van der Waals surface area contributed by atoms with Crippen molar-refractivity contribution in [2.45, 2.75) is 38.3 Å². The SMILES string of the molecule is NCc1ncc2c(n1)CCN(C1CC1)CC2. The Labute approximate surface area is 95.9 Å². The van der Waals surface area contributed by atoms with Crippen molar-refractivity contribution in [2.24, 2.45) is 5.73 Å². The van der Waals surface area contributed by atoms with Crippen molar-refractivity contribution < 1.29 is 0 Å². The lowest BCUT2D eigenvalue weighted by Crippen LogP contribution is -2.28. The second-order valence-electron chi connectivity index (χ2n) is 4.73. The van der Waals surface area contributed by atoms with Crippen molar-refractivity contribution in [3.05, 3.63) is 23.3 Å². The van der Waals surface area contributed by atoms with E-state index in [9.17, 15) is 0 Å². The molecular formula is C12H18N4. The van der Waals surface area contributed by atoms with E-state index in [1.807, 2.05) is 6.20 Å². The highest BCUT2D eigenvalue weighted by atomic mass is 15.2. The lowest BCUT2D eigenvalue weighted by atomic mass is 10.1. The zero-order valence-corrected chi connectivity index (χ0v) is 9.52. The minimum absolute atomic E-state index is 0.444. The largest absolute Gasteiger partial charge is 0.324 e. The molecule has 1 aliphatic heterocycles. The normalized spacial score (nSPS) is 21.6. The van der Waals surface area contributed by atoms with Gasteiger partial charge in [0.2, 0.25) is 0 Å². The fourth-order valence-corrected chi connectivity index (χ4v) is 2.44. The van der Waals surface area contributed by atoms with E-state index >= 15 is 0 Å². The van der Waals surface area contributed by atoms with Crippen molar-refractivity contribution in [3.8, 4) is 0 Å². The molecule has 0 unspecified atom stereocenters. The van der Waals surface area contributed by atoms with E-state index in [1.165, 1.54) is 30.6 Å². The van der Waals surface area contributed by atoms with Gasteiger partial charge in [0, 0.05) is 37.4 Å². The van der Waals surface area contributed by atoms with E-state index in [4.69, 9.17) is 5.73 Å². The van der Waals surface area contributed by atoms with E-state index in [2.05, 4.69) is 14.9 Å². The van der Waals surface area contributed by atoms with Crippen LogP contribution in [0, 0.1) is 0 Å². The molecule has 0 aromatic carbocycles. The third-order valence-electron chi connectivity index (χ3n) is 3.55. The summed E-state index contributed by atoms with van der Waals surface area (Å²) in [5.41, 5.74) is 8.11. The van der Waals surface area contributed by atoms with Gasteiger partial charge in [-0.25, -0.2) is 9.97 Å². The Kier molecular flexibility index (Phi) is 2.61. The number of hydrogen-bond acceptors (Lipinski definition) is 4. The summed E-state index contributed by atoms with van der Waals surface area (Å²) in [6.45, 7) is 2.77. The third-order valence-corrected chi connectivity index (χ3v) is 3.55. The number of hydrogen-bond donors (Lipinski definition) is 1. The van der Waals surface area contributed by atoms with Gasteiger partial charge in [0.15, 0.2) is 0 Å². The van der Waals surface area contributed by atoms with Crippen LogP contribution in [0.1, 0.15) is 29.9 Å². The summed E-state index contributed by atoms with van der Waals surface area (Å²) in [5, 5.41) is 0. The van der Waals surface area contributed by atoms with Gasteiger partial charge in [-0.15, -0.1) is 0 Å². The van der Waals surface area contributed by atoms with Crippen LogP contribution in [0.15, 0.2) is 6.20 Å².